The summed E-state index contributed by atoms with van der Waals surface area (Å²) in [5, 5.41) is 5.68. The van der Waals surface area contributed by atoms with Crippen LogP contribution < -0.4 is 10.6 Å². The van der Waals surface area contributed by atoms with E-state index in [9.17, 15) is 8.78 Å². The molecule has 1 heterocycles. The average Bonchev–Trinajstić information content (AvgIpc) is 2.55. The number of halogens is 3. The molecule has 0 bridgehead atoms. The highest BCUT2D eigenvalue weighted by molar-refractivity contribution is 9.10. The van der Waals surface area contributed by atoms with Gasteiger partial charge in [0, 0.05) is 16.4 Å². The molecule has 0 aliphatic rings. The van der Waals surface area contributed by atoms with Crippen molar-refractivity contribution < 1.29 is 8.78 Å². The van der Waals surface area contributed by atoms with E-state index in [2.05, 4.69) is 36.5 Å². The molecule has 0 spiro atoms. The molecule has 0 radical (unpaired) electrons. The van der Waals surface area contributed by atoms with Crippen LogP contribution in [-0.4, -0.2) is 9.97 Å². The first kappa shape index (κ1) is 16.3. The van der Waals surface area contributed by atoms with Gasteiger partial charge >= 0.3 is 0 Å². The molecular weight excluding hydrogens is 378 g/mol. The summed E-state index contributed by atoms with van der Waals surface area (Å²) in [7, 11) is 0. The fraction of sp³-hybridized carbons (Fsp3) is 0.0588. The van der Waals surface area contributed by atoms with Crippen molar-refractivity contribution in [1.29, 1.82) is 0 Å². The molecule has 0 aliphatic heterocycles. The molecule has 0 saturated carbocycles. The summed E-state index contributed by atoms with van der Waals surface area (Å²) in [4.78, 5) is 8.20. The topological polar surface area (TPSA) is 49.8 Å². The van der Waals surface area contributed by atoms with E-state index in [0.29, 0.717) is 5.82 Å². The maximum atomic E-state index is 13.7. The summed E-state index contributed by atoms with van der Waals surface area (Å²) in [5.41, 5.74) is 1.66. The predicted molar refractivity (Wildman–Crippen MR) is 93.8 cm³/mol. The van der Waals surface area contributed by atoms with Crippen LogP contribution in [-0.2, 0) is 0 Å². The second kappa shape index (κ2) is 6.92. The highest BCUT2D eigenvalue weighted by atomic mass is 79.9. The van der Waals surface area contributed by atoms with Gasteiger partial charge in [-0.25, -0.2) is 13.8 Å². The first-order valence-electron chi connectivity index (χ1n) is 7.10. The van der Waals surface area contributed by atoms with Crippen LogP contribution in [0.15, 0.2) is 53.1 Å². The number of hydrogen-bond donors (Lipinski definition) is 2. The first-order valence-corrected chi connectivity index (χ1v) is 7.89. The lowest BCUT2D eigenvalue weighted by Gasteiger charge is -2.10. The average molecular weight is 391 g/mol. The molecular formula is C17H13BrF2N4. The Bertz CT molecular complexity index is 866. The molecule has 3 rings (SSSR count). The third kappa shape index (κ3) is 3.68. The molecule has 2 N–H and O–H groups in total. The normalized spacial score (nSPS) is 10.5. The molecule has 2 aromatic carbocycles. The number of hydrogen-bond acceptors (Lipinski definition) is 4. The molecule has 4 nitrogen and oxygen atoms in total. The Morgan fingerprint density at radius 1 is 1.00 bits per heavy atom. The van der Waals surface area contributed by atoms with Crippen molar-refractivity contribution in [3.05, 3.63) is 70.3 Å². The SMILES string of the molecule is Cc1ccc(Nc2ccnc(Nc3c(F)cccc3F)n2)cc1Br. The van der Waals surface area contributed by atoms with Crippen molar-refractivity contribution in [1.82, 2.24) is 9.97 Å². The molecule has 122 valence electrons. The second-order valence-corrected chi connectivity index (χ2v) is 5.93. The third-order valence-corrected chi connectivity index (χ3v) is 4.15. The van der Waals surface area contributed by atoms with Gasteiger partial charge in [-0.05, 0) is 42.8 Å². The number of nitrogens with one attached hydrogen (secondary N) is 2. The zero-order valence-electron chi connectivity index (χ0n) is 12.6. The highest BCUT2D eigenvalue weighted by Crippen LogP contribution is 2.24. The number of aryl methyl sites for hydroxylation is 1. The van der Waals surface area contributed by atoms with Gasteiger partial charge in [-0.3, -0.25) is 0 Å². The Hall–Kier alpha value is -2.54. The quantitative estimate of drug-likeness (QED) is 0.633. The van der Waals surface area contributed by atoms with Crippen LogP contribution in [0.2, 0.25) is 0 Å². The van der Waals surface area contributed by atoms with Crippen LogP contribution in [0.4, 0.5) is 31.9 Å². The Labute approximate surface area is 146 Å². The van der Waals surface area contributed by atoms with Gasteiger partial charge in [-0.1, -0.05) is 28.1 Å². The molecule has 7 heteroatoms. The van der Waals surface area contributed by atoms with Gasteiger partial charge in [0.1, 0.15) is 23.1 Å². The van der Waals surface area contributed by atoms with E-state index in [1.807, 2.05) is 25.1 Å². The van der Waals surface area contributed by atoms with Crippen LogP contribution >= 0.6 is 15.9 Å². The Balaban J connectivity index is 1.82. The lowest BCUT2D eigenvalue weighted by Crippen LogP contribution is -2.03. The molecule has 0 saturated heterocycles. The maximum Gasteiger partial charge on any atom is 0.229 e. The first-order chi connectivity index (χ1) is 11.5. The number of anilines is 4. The molecule has 3 aromatic rings. The summed E-state index contributed by atoms with van der Waals surface area (Å²) < 4.78 is 28.3. The molecule has 0 atom stereocenters. The molecule has 0 fully saturated rings. The van der Waals surface area contributed by atoms with E-state index in [0.717, 1.165) is 27.9 Å². The van der Waals surface area contributed by atoms with Gasteiger partial charge in [0.2, 0.25) is 5.95 Å². The van der Waals surface area contributed by atoms with Gasteiger partial charge < -0.3 is 10.6 Å². The van der Waals surface area contributed by atoms with Crippen LogP contribution in [0.25, 0.3) is 0 Å². The fourth-order valence-electron chi connectivity index (χ4n) is 2.04. The van der Waals surface area contributed by atoms with E-state index in [-0.39, 0.29) is 11.6 Å². The Morgan fingerprint density at radius 3 is 2.46 bits per heavy atom. The number of nitrogens with zero attached hydrogens (tertiary/aromatic N) is 2. The summed E-state index contributed by atoms with van der Waals surface area (Å²) in [6.45, 7) is 1.99. The van der Waals surface area contributed by atoms with Crippen molar-refractivity contribution in [3.8, 4) is 0 Å². The molecule has 0 unspecified atom stereocenters. The summed E-state index contributed by atoms with van der Waals surface area (Å²) in [6.07, 6.45) is 1.50. The summed E-state index contributed by atoms with van der Waals surface area (Å²) >= 11 is 3.47. The molecule has 24 heavy (non-hydrogen) atoms. The van der Waals surface area contributed by atoms with Gasteiger partial charge in [-0.2, -0.15) is 4.98 Å². The van der Waals surface area contributed by atoms with Crippen molar-refractivity contribution in [3.63, 3.8) is 0 Å². The van der Waals surface area contributed by atoms with Gasteiger partial charge in [0.05, 0.1) is 0 Å². The summed E-state index contributed by atoms with van der Waals surface area (Å²) in [5.74, 6) is -0.825. The van der Waals surface area contributed by atoms with Crippen molar-refractivity contribution in [2.45, 2.75) is 6.92 Å². The lowest BCUT2D eigenvalue weighted by atomic mass is 10.2. The minimum atomic E-state index is -0.709. The van der Waals surface area contributed by atoms with E-state index in [1.54, 1.807) is 6.07 Å². The standard InChI is InChI=1S/C17H13BrF2N4/c1-10-5-6-11(9-12(10)18)22-15-7-8-21-17(23-15)24-16-13(19)3-2-4-14(16)20/h2-9H,1H3,(H2,21,22,23,24). The number of para-hydroxylation sites is 1. The number of aromatic nitrogens is 2. The minimum absolute atomic E-state index is 0.0928. The van der Waals surface area contributed by atoms with E-state index >= 15 is 0 Å². The largest absolute Gasteiger partial charge is 0.340 e. The van der Waals surface area contributed by atoms with Crippen molar-refractivity contribution >= 4 is 39.1 Å². The minimum Gasteiger partial charge on any atom is -0.340 e. The van der Waals surface area contributed by atoms with Gasteiger partial charge in [0.15, 0.2) is 0 Å². The van der Waals surface area contributed by atoms with Crippen molar-refractivity contribution in [2.75, 3.05) is 10.6 Å². The van der Waals surface area contributed by atoms with E-state index < -0.39 is 11.6 Å². The number of benzene rings is 2. The number of rotatable bonds is 4. The lowest BCUT2D eigenvalue weighted by molar-refractivity contribution is 0.590. The molecule has 0 amide bonds. The maximum absolute atomic E-state index is 13.7. The van der Waals surface area contributed by atoms with Crippen LogP contribution in [0, 0.1) is 18.6 Å². The fourth-order valence-corrected chi connectivity index (χ4v) is 2.41. The molecule has 0 aliphatic carbocycles. The van der Waals surface area contributed by atoms with Crippen LogP contribution in [0.1, 0.15) is 5.56 Å². The monoisotopic (exact) mass is 390 g/mol. The highest BCUT2D eigenvalue weighted by Gasteiger charge is 2.10. The zero-order valence-corrected chi connectivity index (χ0v) is 14.2. The second-order valence-electron chi connectivity index (χ2n) is 5.08. The van der Waals surface area contributed by atoms with Crippen LogP contribution in [0.3, 0.4) is 0 Å². The van der Waals surface area contributed by atoms with Gasteiger partial charge in [-0.15, -0.1) is 0 Å². The van der Waals surface area contributed by atoms with Gasteiger partial charge in [0.25, 0.3) is 0 Å². The van der Waals surface area contributed by atoms with E-state index in [4.69, 9.17) is 0 Å². The third-order valence-electron chi connectivity index (χ3n) is 3.30. The van der Waals surface area contributed by atoms with Crippen molar-refractivity contribution in [2.24, 2.45) is 0 Å². The molecule has 1 aromatic heterocycles. The van der Waals surface area contributed by atoms with Crippen LogP contribution in [0.5, 0.6) is 0 Å². The van der Waals surface area contributed by atoms with E-state index in [1.165, 1.54) is 12.3 Å². The zero-order chi connectivity index (χ0) is 17.1. The predicted octanol–water partition coefficient (Wildman–Crippen LogP) is 5.31. The smallest absolute Gasteiger partial charge is 0.229 e. The Morgan fingerprint density at radius 2 is 1.75 bits per heavy atom. The Kier molecular flexibility index (Phi) is 4.71. The summed E-state index contributed by atoms with van der Waals surface area (Å²) in [6, 6.07) is 11.1.